The van der Waals surface area contributed by atoms with Gasteiger partial charge >= 0.3 is 0 Å². The van der Waals surface area contributed by atoms with E-state index < -0.39 is 0 Å². The fourth-order valence-electron chi connectivity index (χ4n) is 4.39. The molecule has 3 aliphatic heterocycles. The number of carbonyl (C=O) groups is 1. The molecule has 0 aromatic carbocycles. The number of aromatic nitrogens is 1. The molecule has 0 aliphatic carbocycles. The van der Waals surface area contributed by atoms with Crippen molar-refractivity contribution in [3.63, 3.8) is 0 Å². The van der Waals surface area contributed by atoms with Gasteiger partial charge in [-0.15, -0.1) is 0 Å². The molecule has 1 aromatic rings. The van der Waals surface area contributed by atoms with Crippen molar-refractivity contribution in [2.24, 2.45) is 0 Å². The number of methoxy groups -OCH3 is 1. The molecule has 144 valence electrons. The number of oxazole rings is 1. The van der Waals surface area contributed by atoms with E-state index in [-0.39, 0.29) is 24.0 Å². The lowest BCUT2D eigenvalue weighted by Gasteiger charge is -2.27. The summed E-state index contributed by atoms with van der Waals surface area (Å²) < 4.78 is 16.6. The molecule has 26 heavy (non-hydrogen) atoms. The Bertz CT molecular complexity index is 608. The monoisotopic (exact) mass is 363 g/mol. The minimum Gasteiger partial charge on any atom is -0.448 e. The summed E-state index contributed by atoms with van der Waals surface area (Å²) in [7, 11) is 1.73. The average molecular weight is 363 g/mol. The van der Waals surface area contributed by atoms with Crippen molar-refractivity contribution in [1.82, 2.24) is 14.8 Å². The first-order chi connectivity index (χ1) is 12.7. The number of likely N-dealkylation sites (tertiary alicyclic amines) is 2. The Hall–Kier alpha value is -1.44. The molecule has 1 aromatic heterocycles. The third-order valence-electron chi connectivity index (χ3n) is 5.95. The molecular weight excluding hydrogens is 334 g/mol. The molecule has 7 nitrogen and oxygen atoms in total. The first-order valence-corrected chi connectivity index (χ1v) is 9.84. The Balaban J connectivity index is 1.45. The lowest BCUT2D eigenvalue weighted by Crippen LogP contribution is -2.42. The van der Waals surface area contributed by atoms with Gasteiger partial charge in [0, 0.05) is 45.4 Å². The highest BCUT2D eigenvalue weighted by molar-refractivity contribution is 5.92. The van der Waals surface area contributed by atoms with E-state index in [2.05, 4.69) is 9.88 Å². The highest BCUT2D eigenvalue weighted by atomic mass is 16.5. The normalized spacial score (nSPS) is 28.1. The molecule has 1 amide bonds. The third-order valence-corrected chi connectivity index (χ3v) is 5.95. The molecule has 0 spiro atoms. The van der Waals surface area contributed by atoms with Gasteiger partial charge < -0.3 is 23.7 Å². The number of amides is 1. The van der Waals surface area contributed by atoms with Crippen LogP contribution in [0.4, 0.5) is 0 Å². The van der Waals surface area contributed by atoms with Crippen molar-refractivity contribution >= 4 is 5.91 Å². The Labute approximate surface area is 154 Å². The van der Waals surface area contributed by atoms with E-state index >= 15 is 0 Å². The van der Waals surface area contributed by atoms with Crippen molar-refractivity contribution in [3.8, 4) is 0 Å². The summed E-state index contributed by atoms with van der Waals surface area (Å²) in [5.41, 5.74) is 0.426. The maximum atomic E-state index is 13.1. The summed E-state index contributed by atoms with van der Waals surface area (Å²) >= 11 is 0. The van der Waals surface area contributed by atoms with Gasteiger partial charge in [-0.1, -0.05) is 0 Å². The van der Waals surface area contributed by atoms with Crippen molar-refractivity contribution in [2.75, 3.05) is 46.5 Å². The highest BCUT2D eigenvalue weighted by Crippen LogP contribution is 2.28. The maximum absolute atomic E-state index is 13.1. The summed E-state index contributed by atoms with van der Waals surface area (Å²) in [5.74, 6) is 0.905. The predicted molar refractivity (Wildman–Crippen MR) is 95.2 cm³/mol. The van der Waals surface area contributed by atoms with E-state index in [9.17, 15) is 4.79 Å². The number of carbonyl (C=O) groups excluding carboxylic acids is 1. The molecule has 2 atom stereocenters. The fourth-order valence-corrected chi connectivity index (χ4v) is 4.39. The molecular formula is C19H29N3O4. The van der Waals surface area contributed by atoms with E-state index in [1.165, 1.54) is 19.1 Å². The van der Waals surface area contributed by atoms with Crippen LogP contribution < -0.4 is 0 Å². The summed E-state index contributed by atoms with van der Waals surface area (Å²) in [6.45, 7) is 5.29. The molecule has 4 rings (SSSR count). The van der Waals surface area contributed by atoms with Crippen molar-refractivity contribution in [2.45, 2.75) is 50.2 Å². The summed E-state index contributed by atoms with van der Waals surface area (Å²) in [5, 5.41) is 0. The van der Waals surface area contributed by atoms with E-state index in [0.717, 1.165) is 52.1 Å². The maximum Gasteiger partial charge on any atom is 0.276 e. The Kier molecular flexibility index (Phi) is 5.57. The second-order valence-electron chi connectivity index (χ2n) is 7.67. The van der Waals surface area contributed by atoms with Crippen LogP contribution in [-0.4, -0.2) is 79.3 Å². The first kappa shape index (κ1) is 17.9. The van der Waals surface area contributed by atoms with Gasteiger partial charge in [-0.05, 0) is 45.2 Å². The van der Waals surface area contributed by atoms with Gasteiger partial charge in [-0.2, -0.15) is 0 Å². The van der Waals surface area contributed by atoms with Crippen LogP contribution in [0.15, 0.2) is 10.7 Å². The molecule has 3 saturated heterocycles. The zero-order valence-corrected chi connectivity index (χ0v) is 15.6. The second kappa shape index (κ2) is 8.06. The first-order valence-electron chi connectivity index (χ1n) is 9.84. The van der Waals surface area contributed by atoms with Crippen LogP contribution in [-0.2, 0) is 9.47 Å². The predicted octanol–water partition coefficient (Wildman–Crippen LogP) is 1.89. The van der Waals surface area contributed by atoms with Crippen LogP contribution in [0.2, 0.25) is 0 Å². The van der Waals surface area contributed by atoms with Gasteiger partial charge in [0.15, 0.2) is 11.6 Å². The number of hydrogen-bond acceptors (Lipinski definition) is 6. The van der Waals surface area contributed by atoms with Gasteiger partial charge in [0.25, 0.3) is 5.91 Å². The lowest BCUT2D eigenvalue weighted by atomic mass is 10.0. The molecule has 4 heterocycles. The van der Waals surface area contributed by atoms with Crippen LogP contribution in [0.3, 0.4) is 0 Å². The Morgan fingerprint density at radius 2 is 2.08 bits per heavy atom. The standard InChI is InChI=1S/C19H29N3O4/c1-24-16-10-15(11-21-6-2-3-7-21)22(12-16)19(23)17-13-26-18(20-17)14-4-8-25-9-5-14/h13-16H,2-12H2,1H3/t15-,16-/m0/s1. The van der Waals surface area contributed by atoms with Crippen LogP contribution >= 0.6 is 0 Å². The SMILES string of the molecule is CO[C@H]1C[C@@H](CN2CCCC2)N(C(=O)c2coc(C3CCOCC3)n2)C1. The Morgan fingerprint density at radius 3 is 2.81 bits per heavy atom. The molecule has 3 aliphatic rings. The molecule has 0 radical (unpaired) electrons. The molecule has 7 heteroatoms. The minimum atomic E-state index is -0.0317. The Morgan fingerprint density at radius 1 is 1.31 bits per heavy atom. The molecule has 0 N–H and O–H groups in total. The minimum absolute atomic E-state index is 0.0317. The van der Waals surface area contributed by atoms with Crippen molar-refractivity contribution in [3.05, 3.63) is 17.8 Å². The largest absolute Gasteiger partial charge is 0.448 e. The van der Waals surface area contributed by atoms with Crippen LogP contribution in [0, 0.1) is 0 Å². The topological polar surface area (TPSA) is 68.0 Å². The highest BCUT2D eigenvalue weighted by Gasteiger charge is 2.38. The second-order valence-corrected chi connectivity index (χ2v) is 7.67. The zero-order valence-electron chi connectivity index (χ0n) is 15.6. The van der Waals surface area contributed by atoms with Crippen molar-refractivity contribution in [1.29, 1.82) is 0 Å². The average Bonchev–Trinajstić information content (AvgIpc) is 3.43. The number of ether oxygens (including phenoxy) is 2. The quantitative estimate of drug-likeness (QED) is 0.796. The molecule has 0 bridgehead atoms. The van der Waals surface area contributed by atoms with Gasteiger partial charge in [-0.3, -0.25) is 4.79 Å². The van der Waals surface area contributed by atoms with Gasteiger partial charge in [0.05, 0.1) is 6.10 Å². The molecule has 0 unspecified atom stereocenters. The fraction of sp³-hybridized carbons (Fsp3) is 0.789. The van der Waals surface area contributed by atoms with Gasteiger partial charge in [0.2, 0.25) is 0 Å². The smallest absolute Gasteiger partial charge is 0.276 e. The molecule has 3 fully saturated rings. The van der Waals surface area contributed by atoms with E-state index in [4.69, 9.17) is 13.9 Å². The third kappa shape index (κ3) is 3.80. The number of hydrogen-bond donors (Lipinski definition) is 0. The zero-order chi connectivity index (χ0) is 17.9. The van der Waals surface area contributed by atoms with Gasteiger partial charge in [0.1, 0.15) is 6.26 Å². The number of nitrogens with zero attached hydrogens (tertiary/aromatic N) is 3. The van der Waals surface area contributed by atoms with Gasteiger partial charge in [-0.25, -0.2) is 4.98 Å². The van der Waals surface area contributed by atoms with Crippen LogP contribution in [0.5, 0.6) is 0 Å². The number of rotatable bonds is 5. The van der Waals surface area contributed by atoms with Crippen LogP contribution in [0.25, 0.3) is 0 Å². The summed E-state index contributed by atoms with van der Waals surface area (Å²) in [6.07, 6.45) is 6.85. The van der Waals surface area contributed by atoms with E-state index in [1.54, 1.807) is 7.11 Å². The molecule has 0 saturated carbocycles. The summed E-state index contributed by atoms with van der Waals surface area (Å²) in [6, 6.07) is 0.189. The summed E-state index contributed by atoms with van der Waals surface area (Å²) in [4.78, 5) is 22.0. The van der Waals surface area contributed by atoms with E-state index in [1.807, 2.05) is 4.90 Å². The lowest BCUT2D eigenvalue weighted by molar-refractivity contribution is 0.0664. The van der Waals surface area contributed by atoms with E-state index in [0.29, 0.717) is 18.1 Å². The van der Waals surface area contributed by atoms with Crippen molar-refractivity contribution < 1.29 is 18.7 Å². The van der Waals surface area contributed by atoms with Crippen LogP contribution in [0.1, 0.15) is 54.4 Å².